The predicted octanol–water partition coefficient (Wildman–Crippen LogP) is 4.15. The van der Waals surface area contributed by atoms with Gasteiger partial charge in [0.2, 0.25) is 0 Å². The van der Waals surface area contributed by atoms with Crippen LogP contribution in [-0.4, -0.2) is 16.8 Å². The van der Waals surface area contributed by atoms with Crippen LogP contribution in [0.2, 0.25) is 0 Å². The first-order valence-corrected chi connectivity index (χ1v) is 7.91. The molecule has 2 bridgehead atoms. The zero-order valence-electron chi connectivity index (χ0n) is 12.8. The molecule has 0 aliphatic heterocycles. The maximum atomic E-state index is 9.95. The van der Waals surface area contributed by atoms with Crippen LogP contribution in [0.5, 0.6) is 5.75 Å². The third-order valence-corrected chi connectivity index (χ3v) is 4.93. The molecule has 0 radical (unpaired) electrons. The molecule has 1 aromatic carbocycles. The number of aromatic hydroxyl groups is 1. The van der Waals surface area contributed by atoms with Crippen LogP contribution in [0.25, 0.3) is 5.57 Å². The van der Waals surface area contributed by atoms with Crippen molar-refractivity contribution in [1.29, 1.82) is 0 Å². The van der Waals surface area contributed by atoms with Crippen LogP contribution in [0.4, 0.5) is 0 Å². The molecule has 3 unspecified atom stereocenters. The third-order valence-electron chi connectivity index (χ3n) is 4.93. The summed E-state index contributed by atoms with van der Waals surface area (Å²) >= 11 is 0. The van der Waals surface area contributed by atoms with Crippen molar-refractivity contribution in [3.05, 3.63) is 47.1 Å². The highest BCUT2D eigenvalue weighted by atomic mass is 16.3. The summed E-state index contributed by atoms with van der Waals surface area (Å²) in [5.74, 6) is 1.92. The van der Waals surface area contributed by atoms with Crippen molar-refractivity contribution in [3.8, 4) is 5.75 Å². The lowest BCUT2D eigenvalue weighted by atomic mass is 9.66. The van der Waals surface area contributed by atoms with E-state index in [0.717, 1.165) is 24.0 Å². The molecule has 1 saturated carbocycles. The normalized spacial score (nSPS) is 30.8. The van der Waals surface area contributed by atoms with Crippen molar-refractivity contribution in [2.75, 3.05) is 6.61 Å². The van der Waals surface area contributed by atoms with E-state index in [2.05, 4.69) is 19.9 Å². The number of aliphatic hydroxyl groups is 1. The number of fused-ring (bicyclic) bond motifs is 2. The molecular formula is C19H24O2. The molecule has 2 aliphatic rings. The van der Waals surface area contributed by atoms with Crippen LogP contribution in [0.3, 0.4) is 0 Å². The van der Waals surface area contributed by atoms with Crippen LogP contribution < -0.4 is 0 Å². The summed E-state index contributed by atoms with van der Waals surface area (Å²) in [5, 5.41) is 19.7. The van der Waals surface area contributed by atoms with Crippen LogP contribution >= 0.6 is 0 Å². The minimum absolute atomic E-state index is 0.0487. The molecule has 2 heteroatoms. The van der Waals surface area contributed by atoms with E-state index >= 15 is 0 Å². The monoisotopic (exact) mass is 284 g/mol. The number of rotatable bonds is 2. The molecule has 0 spiro atoms. The maximum Gasteiger partial charge on any atom is 0.116 e. The average Bonchev–Trinajstić information content (AvgIpc) is 2.42. The van der Waals surface area contributed by atoms with E-state index in [-0.39, 0.29) is 12.4 Å². The number of phenols is 1. The van der Waals surface area contributed by atoms with Crippen LogP contribution in [0.15, 0.2) is 41.5 Å². The van der Waals surface area contributed by atoms with E-state index in [9.17, 15) is 10.2 Å². The summed E-state index contributed by atoms with van der Waals surface area (Å²) in [6, 6.07) is 7.28. The molecule has 0 heterocycles. The molecule has 2 N–H and O–H groups in total. The van der Waals surface area contributed by atoms with Gasteiger partial charge >= 0.3 is 0 Å². The van der Waals surface area contributed by atoms with E-state index in [0.29, 0.717) is 17.8 Å². The Hall–Kier alpha value is -1.54. The number of hydrogen-bond acceptors (Lipinski definition) is 2. The van der Waals surface area contributed by atoms with Gasteiger partial charge in [-0.1, -0.05) is 43.2 Å². The Morgan fingerprint density at radius 3 is 2.76 bits per heavy atom. The Morgan fingerprint density at radius 2 is 2.05 bits per heavy atom. The molecule has 21 heavy (non-hydrogen) atoms. The summed E-state index contributed by atoms with van der Waals surface area (Å²) in [6.45, 7) is 4.60. The molecule has 0 saturated heterocycles. The lowest BCUT2D eigenvalue weighted by molar-refractivity contribution is 0.336. The van der Waals surface area contributed by atoms with Gasteiger partial charge in [-0.25, -0.2) is 0 Å². The van der Waals surface area contributed by atoms with Gasteiger partial charge < -0.3 is 10.2 Å². The molecule has 0 amide bonds. The van der Waals surface area contributed by atoms with Gasteiger partial charge in [0.25, 0.3) is 0 Å². The van der Waals surface area contributed by atoms with Gasteiger partial charge in [0.15, 0.2) is 0 Å². The lowest BCUT2D eigenvalue weighted by Crippen LogP contribution is -2.26. The zero-order valence-corrected chi connectivity index (χ0v) is 12.8. The molecule has 3 atom stereocenters. The fourth-order valence-electron chi connectivity index (χ4n) is 4.27. The summed E-state index contributed by atoms with van der Waals surface area (Å²) in [5.41, 5.74) is 4.98. The summed E-state index contributed by atoms with van der Waals surface area (Å²) in [7, 11) is 0. The topological polar surface area (TPSA) is 40.5 Å². The Kier molecular flexibility index (Phi) is 3.90. The summed E-state index contributed by atoms with van der Waals surface area (Å²) in [6.07, 6.45) is 5.87. The van der Waals surface area contributed by atoms with Gasteiger partial charge in [-0.3, -0.25) is 0 Å². The van der Waals surface area contributed by atoms with Gasteiger partial charge in [-0.2, -0.15) is 0 Å². The second-order valence-electron chi connectivity index (χ2n) is 6.69. The first-order valence-electron chi connectivity index (χ1n) is 7.91. The molecular weight excluding hydrogens is 260 g/mol. The van der Waals surface area contributed by atoms with Gasteiger partial charge in [0.1, 0.15) is 5.75 Å². The van der Waals surface area contributed by atoms with Crippen molar-refractivity contribution < 1.29 is 10.2 Å². The molecule has 1 aromatic rings. The molecule has 2 aliphatic carbocycles. The molecule has 3 rings (SSSR count). The molecule has 1 fully saturated rings. The Morgan fingerprint density at radius 1 is 1.24 bits per heavy atom. The van der Waals surface area contributed by atoms with E-state index in [1.165, 1.54) is 12.0 Å². The Labute approximate surface area is 126 Å². The average molecular weight is 284 g/mol. The lowest BCUT2D eigenvalue weighted by Gasteiger charge is -2.39. The standard InChI is InChI=1S/C19H24O2/c1-12-6-14-8-13(2)19(16(7-12)9-14)18(11-20)15-4-3-5-17(21)10-15/h3-6,10,12-13,16,20-21H,7-9,11H2,1-2H3/b19-18+. The second-order valence-corrected chi connectivity index (χ2v) is 6.69. The number of allylic oxidation sites excluding steroid dienone is 3. The van der Waals surface area contributed by atoms with Crippen molar-refractivity contribution in [3.63, 3.8) is 0 Å². The minimum Gasteiger partial charge on any atom is -0.508 e. The van der Waals surface area contributed by atoms with Gasteiger partial charge in [-0.15, -0.1) is 0 Å². The molecule has 112 valence electrons. The SMILES string of the molecule is CC1C=C2CC(C)/C(=C(/CO)c3cccc(O)c3)C(C2)C1. The van der Waals surface area contributed by atoms with Crippen molar-refractivity contribution >= 4 is 5.57 Å². The van der Waals surface area contributed by atoms with Crippen molar-refractivity contribution in [2.24, 2.45) is 17.8 Å². The number of phenolic OH excluding ortho intramolecular Hbond substituents is 1. The predicted molar refractivity (Wildman–Crippen MR) is 85.9 cm³/mol. The highest BCUT2D eigenvalue weighted by molar-refractivity contribution is 5.71. The summed E-state index contributed by atoms with van der Waals surface area (Å²) < 4.78 is 0. The van der Waals surface area contributed by atoms with Crippen molar-refractivity contribution in [1.82, 2.24) is 0 Å². The molecule has 0 aromatic heterocycles. The fraction of sp³-hybridized carbons (Fsp3) is 0.474. The van der Waals surface area contributed by atoms with E-state index in [1.54, 1.807) is 17.7 Å². The van der Waals surface area contributed by atoms with Crippen LogP contribution in [-0.2, 0) is 0 Å². The molecule has 2 nitrogen and oxygen atoms in total. The van der Waals surface area contributed by atoms with E-state index in [1.807, 2.05) is 12.1 Å². The van der Waals surface area contributed by atoms with Gasteiger partial charge in [0, 0.05) is 0 Å². The second kappa shape index (κ2) is 5.69. The third kappa shape index (κ3) is 2.77. The van der Waals surface area contributed by atoms with Gasteiger partial charge in [-0.05, 0) is 60.3 Å². The van der Waals surface area contributed by atoms with Crippen molar-refractivity contribution in [2.45, 2.75) is 33.1 Å². The number of hydrogen-bond donors (Lipinski definition) is 2. The fourth-order valence-corrected chi connectivity index (χ4v) is 4.27. The quantitative estimate of drug-likeness (QED) is 0.801. The van der Waals surface area contributed by atoms with E-state index in [4.69, 9.17) is 0 Å². The highest BCUT2D eigenvalue weighted by Crippen LogP contribution is 2.47. The number of aliphatic hydroxyl groups excluding tert-OH is 1. The first-order chi connectivity index (χ1) is 10.1. The maximum absolute atomic E-state index is 9.95. The van der Waals surface area contributed by atoms with E-state index < -0.39 is 0 Å². The first kappa shape index (κ1) is 14.4. The Balaban J connectivity index is 2.07. The smallest absolute Gasteiger partial charge is 0.116 e. The van der Waals surface area contributed by atoms with Crippen LogP contribution in [0.1, 0.15) is 38.7 Å². The minimum atomic E-state index is 0.0487. The highest BCUT2D eigenvalue weighted by Gasteiger charge is 2.33. The van der Waals surface area contributed by atoms with Crippen LogP contribution in [0, 0.1) is 17.8 Å². The largest absolute Gasteiger partial charge is 0.508 e. The van der Waals surface area contributed by atoms with Gasteiger partial charge in [0.05, 0.1) is 6.61 Å². The zero-order chi connectivity index (χ0) is 15.0. The Bertz CT molecular complexity index is 597. The summed E-state index contributed by atoms with van der Waals surface area (Å²) in [4.78, 5) is 0. The number of benzene rings is 1.